The van der Waals surface area contributed by atoms with E-state index >= 15 is 0 Å². The Bertz CT molecular complexity index is 1440. The monoisotopic (exact) mass is 494 g/mol. The standard InChI is InChI=1S/C25H17ClF2N4OS/c1-14-21(24-30-23(31-33-24)16-6-2-7-17(26)11-16)22(15-5-3-8-18(27)12-15)29-25(34)32(14)20-10-4-9-19(28)13-20/h2-13,22H,1H3,(H,29,34). The van der Waals surface area contributed by atoms with E-state index in [2.05, 4.69) is 15.5 Å². The maximum Gasteiger partial charge on any atom is 0.258 e. The molecule has 0 fully saturated rings. The van der Waals surface area contributed by atoms with Crippen molar-refractivity contribution in [1.82, 2.24) is 15.5 Å². The van der Waals surface area contributed by atoms with Crippen LogP contribution in [0.4, 0.5) is 14.5 Å². The molecule has 4 aromatic rings. The molecule has 0 bridgehead atoms. The second kappa shape index (κ2) is 8.96. The number of nitrogens with zero attached hydrogens (tertiary/aromatic N) is 3. The summed E-state index contributed by atoms with van der Waals surface area (Å²) in [5.41, 5.74) is 3.07. The zero-order valence-corrected chi connectivity index (χ0v) is 19.4. The second-order valence-electron chi connectivity index (χ2n) is 7.69. The Morgan fingerprint density at radius 2 is 1.74 bits per heavy atom. The summed E-state index contributed by atoms with van der Waals surface area (Å²) in [5, 5.41) is 8.22. The van der Waals surface area contributed by atoms with Crippen LogP contribution >= 0.6 is 23.8 Å². The molecular weight excluding hydrogens is 478 g/mol. The molecule has 34 heavy (non-hydrogen) atoms. The van der Waals surface area contributed by atoms with Gasteiger partial charge in [0.25, 0.3) is 5.89 Å². The van der Waals surface area contributed by atoms with Gasteiger partial charge in [-0.2, -0.15) is 4.98 Å². The molecule has 0 amide bonds. The normalized spacial score (nSPS) is 16.1. The molecule has 5 rings (SSSR count). The van der Waals surface area contributed by atoms with E-state index in [0.29, 0.717) is 44.0 Å². The van der Waals surface area contributed by atoms with Crippen molar-refractivity contribution >= 4 is 40.2 Å². The van der Waals surface area contributed by atoms with Crippen LogP contribution in [-0.4, -0.2) is 15.3 Å². The molecule has 1 aliphatic heterocycles. The van der Waals surface area contributed by atoms with Crippen LogP contribution in [0, 0.1) is 11.6 Å². The number of aromatic nitrogens is 2. The van der Waals surface area contributed by atoms with E-state index < -0.39 is 11.9 Å². The Labute approximate surface area is 204 Å². The summed E-state index contributed by atoms with van der Waals surface area (Å²) in [6.07, 6.45) is 0. The number of nitrogens with one attached hydrogen (secondary N) is 1. The summed E-state index contributed by atoms with van der Waals surface area (Å²) in [7, 11) is 0. The summed E-state index contributed by atoms with van der Waals surface area (Å²) in [6, 6.07) is 18.8. The summed E-state index contributed by atoms with van der Waals surface area (Å²) in [4.78, 5) is 6.28. The van der Waals surface area contributed by atoms with Crippen molar-refractivity contribution < 1.29 is 13.3 Å². The maximum absolute atomic E-state index is 14.1. The topological polar surface area (TPSA) is 54.2 Å². The lowest BCUT2D eigenvalue weighted by atomic mass is 9.94. The number of anilines is 1. The average molecular weight is 495 g/mol. The van der Waals surface area contributed by atoms with Crippen LogP contribution in [0.15, 0.2) is 83.0 Å². The van der Waals surface area contributed by atoms with Gasteiger partial charge in [-0.05, 0) is 67.2 Å². The first-order valence-electron chi connectivity index (χ1n) is 10.3. The first-order chi connectivity index (χ1) is 16.4. The van der Waals surface area contributed by atoms with E-state index in [9.17, 15) is 8.78 Å². The highest BCUT2D eigenvalue weighted by Gasteiger charge is 2.35. The largest absolute Gasteiger partial charge is 0.351 e. The molecule has 1 unspecified atom stereocenters. The number of benzene rings is 3. The lowest BCUT2D eigenvalue weighted by molar-refractivity contribution is 0.404. The predicted molar refractivity (Wildman–Crippen MR) is 131 cm³/mol. The highest BCUT2D eigenvalue weighted by molar-refractivity contribution is 7.80. The molecule has 9 heteroatoms. The van der Waals surface area contributed by atoms with Gasteiger partial charge in [-0.15, -0.1) is 0 Å². The number of rotatable bonds is 4. The van der Waals surface area contributed by atoms with Crippen LogP contribution in [0.1, 0.15) is 24.4 Å². The molecule has 0 saturated heterocycles. The molecule has 2 heterocycles. The lowest BCUT2D eigenvalue weighted by Crippen LogP contribution is -2.46. The van der Waals surface area contributed by atoms with E-state index in [1.54, 1.807) is 47.4 Å². The third-order valence-electron chi connectivity index (χ3n) is 5.47. The molecule has 1 aliphatic rings. The maximum atomic E-state index is 14.1. The van der Waals surface area contributed by atoms with Gasteiger partial charge in [0, 0.05) is 16.3 Å². The zero-order chi connectivity index (χ0) is 23.8. The molecule has 5 nitrogen and oxygen atoms in total. The first kappa shape index (κ1) is 22.2. The molecule has 0 spiro atoms. The number of halogens is 3. The molecule has 1 atom stereocenters. The van der Waals surface area contributed by atoms with Crippen molar-refractivity contribution in [2.24, 2.45) is 0 Å². The van der Waals surface area contributed by atoms with Crippen molar-refractivity contribution in [3.8, 4) is 11.4 Å². The molecule has 0 aliphatic carbocycles. The van der Waals surface area contributed by atoms with E-state index in [1.165, 1.54) is 24.3 Å². The van der Waals surface area contributed by atoms with E-state index in [0.717, 1.165) is 0 Å². The van der Waals surface area contributed by atoms with Crippen molar-refractivity contribution in [3.63, 3.8) is 0 Å². The minimum absolute atomic E-state index is 0.220. The Hall–Kier alpha value is -3.62. The van der Waals surface area contributed by atoms with Crippen molar-refractivity contribution in [1.29, 1.82) is 0 Å². The fourth-order valence-electron chi connectivity index (χ4n) is 3.96. The molecule has 0 radical (unpaired) electrons. The number of thiocarbonyl (C=S) groups is 1. The minimum Gasteiger partial charge on any atom is -0.351 e. The van der Waals surface area contributed by atoms with Gasteiger partial charge in [0.15, 0.2) is 5.11 Å². The molecular formula is C25H17ClF2N4OS. The Morgan fingerprint density at radius 1 is 1.00 bits per heavy atom. The molecule has 170 valence electrons. The van der Waals surface area contributed by atoms with Gasteiger partial charge in [0.2, 0.25) is 5.82 Å². The van der Waals surface area contributed by atoms with Crippen LogP contribution in [0.25, 0.3) is 17.0 Å². The summed E-state index contributed by atoms with van der Waals surface area (Å²) < 4.78 is 33.8. The Balaban J connectivity index is 1.67. The lowest BCUT2D eigenvalue weighted by Gasteiger charge is -2.37. The Kier molecular flexibility index (Phi) is 5.85. The van der Waals surface area contributed by atoms with Gasteiger partial charge in [0.1, 0.15) is 11.6 Å². The number of hydrogen-bond donors (Lipinski definition) is 1. The van der Waals surface area contributed by atoms with Crippen LogP contribution in [0.2, 0.25) is 5.02 Å². The zero-order valence-electron chi connectivity index (χ0n) is 17.8. The second-order valence-corrected chi connectivity index (χ2v) is 8.51. The minimum atomic E-state index is -0.569. The van der Waals surface area contributed by atoms with Crippen molar-refractivity contribution in [3.05, 3.63) is 107 Å². The van der Waals surface area contributed by atoms with Crippen molar-refractivity contribution in [2.75, 3.05) is 4.90 Å². The molecule has 1 N–H and O–H groups in total. The summed E-state index contributed by atoms with van der Waals surface area (Å²) in [6.45, 7) is 1.82. The third kappa shape index (κ3) is 4.18. The van der Waals surface area contributed by atoms with E-state index in [-0.39, 0.29) is 11.7 Å². The SMILES string of the molecule is CC1=C(c2nc(-c3cccc(Cl)c3)no2)C(c2cccc(F)c2)NC(=S)N1c1cccc(F)c1. The average Bonchev–Trinajstić information content (AvgIpc) is 3.28. The quantitative estimate of drug-likeness (QED) is 0.325. The van der Waals surface area contributed by atoms with Crippen LogP contribution in [0.3, 0.4) is 0 Å². The van der Waals surface area contributed by atoms with Gasteiger partial charge in [-0.1, -0.05) is 47.1 Å². The highest BCUT2D eigenvalue weighted by Crippen LogP contribution is 2.39. The van der Waals surface area contributed by atoms with Gasteiger partial charge in [0.05, 0.1) is 17.3 Å². The number of allylic oxidation sites excluding steroid dienone is 1. The van der Waals surface area contributed by atoms with E-state index in [1.807, 2.05) is 13.0 Å². The highest BCUT2D eigenvalue weighted by atomic mass is 35.5. The first-order valence-corrected chi connectivity index (χ1v) is 11.1. The van der Waals surface area contributed by atoms with Crippen LogP contribution < -0.4 is 10.2 Å². The predicted octanol–water partition coefficient (Wildman–Crippen LogP) is 6.54. The van der Waals surface area contributed by atoms with Gasteiger partial charge in [-0.3, -0.25) is 4.90 Å². The van der Waals surface area contributed by atoms with Gasteiger partial charge < -0.3 is 9.84 Å². The van der Waals surface area contributed by atoms with E-state index in [4.69, 9.17) is 28.3 Å². The summed E-state index contributed by atoms with van der Waals surface area (Å²) in [5.74, 6) is -0.220. The van der Waals surface area contributed by atoms with Crippen LogP contribution in [-0.2, 0) is 0 Å². The Morgan fingerprint density at radius 3 is 2.47 bits per heavy atom. The molecule has 0 saturated carbocycles. The van der Waals surface area contributed by atoms with Gasteiger partial charge in [-0.25, -0.2) is 8.78 Å². The smallest absolute Gasteiger partial charge is 0.258 e. The molecule has 1 aromatic heterocycles. The fraction of sp³-hybridized carbons (Fsp3) is 0.0800. The van der Waals surface area contributed by atoms with Crippen LogP contribution in [0.5, 0.6) is 0 Å². The van der Waals surface area contributed by atoms with Gasteiger partial charge >= 0.3 is 0 Å². The number of hydrogen-bond acceptors (Lipinski definition) is 4. The molecule has 3 aromatic carbocycles. The fourth-order valence-corrected chi connectivity index (χ4v) is 4.51. The third-order valence-corrected chi connectivity index (χ3v) is 6.01. The summed E-state index contributed by atoms with van der Waals surface area (Å²) >= 11 is 11.7. The van der Waals surface area contributed by atoms with Crippen molar-refractivity contribution in [2.45, 2.75) is 13.0 Å².